The Morgan fingerprint density at radius 3 is 2.53 bits per heavy atom. The van der Waals surface area contributed by atoms with Crippen LogP contribution in [0, 0.1) is 5.82 Å². The van der Waals surface area contributed by atoms with Gasteiger partial charge in [0.25, 0.3) is 0 Å². The molecule has 0 aliphatic rings. The van der Waals surface area contributed by atoms with Gasteiger partial charge in [0.15, 0.2) is 0 Å². The quantitative estimate of drug-likeness (QED) is 0.745. The Hall–Kier alpha value is -1.13. The molecule has 0 aliphatic carbocycles. The van der Waals surface area contributed by atoms with Crippen LogP contribution in [0.1, 0.15) is 26.3 Å². The van der Waals surface area contributed by atoms with Crippen molar-refractivity contribution in [2.75, 3.05) is 32.8 Å². The molecule has 0 saturated heterocycles. The van der Waals surface area contributed by atoms with E-state index in [1.165, 1.54) is 6.07 Å². The zero-order valence-electron chi connectivity index (χ0n) is 12.2. The van der Waals surface area contributed by atoms with Crippen molar-refractivity contribution < 1.29 is 9.13 Å². The molecule has 0 radical (unpaired) electrons. The summed E-state index contributed by atoms with van der Waals surface area (Å²) in [4.78, 5) is 2.28. The molecule has 1 aromatic carbocycles. The Morgan fingerprint density at radius 1 is 1.16 bits per heavy atom. The monoisotopic (exact) mass is 268 g/mol. The fraction of sp³-hybridized carbons (Fsp3) is 0.600. The highest BCUT2D eigenvalue weighted by Gasteiger charge is 2.03. The Kier molecular flexibility index (Phi) is 7.45. The molecule has 108 valence electrons. The maximum Gasteiger partial charge on any atom is 0.127 e. The van der Waals surface area contributed by atoms with Gasteiger partial charge in [0.2, 0.25) is 0 Å². The standard InChI is InChI=1S/C15H25FN2O/c1-4-17-12-13-9-14(16)11-15(10-13)19-8-7-18(5-2)6-3/h9-11,17H,4-8,12H2,1-3H3. The van der Waals surface area contributed by atoms with Crippen LogP contribution in [0.15, 0.2) is 18.2 Å². The summed E-state index contributed by atoms with van der Waals surface area (Å²) in [5.41, 5.74) is 0.916. The van der Waals surface area contributed by atoms with Crippen molar-refractivity contribution in [3.8, 4) is 5.75 Å². The van der Waals surface area contributed by atoms with Crippen molar-refractivity contribution in [1.82, 2.24) is 10.2 Å². The molecule has 1 rings (SSSR count). The molecule has 0 spiro atoms. The van der Waals surface area contributed by atoms with Gasteiger partial charge in [-0.2, -0.15) is 0 Å². The number of nitrogens with one attached hydrogen (secondary N) is 1. The van der Waals surface area contributed by atoms with Crippen LogP contribution in [-0.2, 0) is 6.54 Å². The Bertz CT molecular complexity index is 367. The van der Waals surface area contributed by atoms with E-state index >= 15 is 0 Å². The molecule has 3 nitrogen and oxygen atoms in total. The van der Waals surface area contributed by atoms with E-state index in [0.717, 1.165) is 31.7 Å². The van der Waals surface area contributed by atoms with E-state index in [1.54, 1.807) is 6.07 Å². The molecule has 19 heavy (non-hydrogen) atoms. The van der Waals surface area contributed by atoms with Crippen molar-refractivity contribution >= 4 is 0 Å². The summed E-state index contributed by atoms with van der Waals surface area (Å²) in [5, 5.41) is 3.18. The van der Waals surface area contributed by atoms with Gasteiger partial charge >= 0.3 is 0 Å². The van der Waals surface area contributed by atoms with Crippen LogP contribution in [0.4, 0.5) is 4.39 Å². The van der Waals surface area contributed by atoms with Crippen molar-refractivity contribution in [2.24, 2.45) is 0 Å². The van der Waals surface area contributed by atoms with E-state index < -0.39 is 0 Å². The molecule has 0 amide bonds. The van der Waals surface area contributed by atoms with E-state index in [9.17, 15) is 4.39 Å². The highest BCUT2D eigenvalue weighted by Crippen LogP contribution is 2.16. The number of hydrogen-bond acceptors (Lipinski definition) is 3. The van der Waals surface area contributed by atoms with Gasteiger partial charge in [0, 0.05) is 19.2 Å². The lowest BCUT2D eigenvalue weighted by Crippen LogP contribution is -2.27. The first kappa shape index (κ1) is 15.9. The van der Waals surface area contributed by atoms with Gasteiger partial charge in [-0.1, -0.05) is 20.8 Å². The van der Waals surface area contributed by atoms with Gasteiger partial charge in [-0.05, 0) is 37.3 Å². The normalized spacial score (nSPS) is 11.0. The lowest BCUT2D eigenvalue weighted by Gasteiger charge is -2.18. The molecule has 0 saturated carbocycles. The second kappa shape index (κ2) is 8.88. The first-order valence-electron chi connectivity index (χ1n) is 7.04. The van der Waals surface area contributed by atoms with Crippen LogP contribution in [0.3, 0.4) is 0 Å². The highest BCUT2D eigenvalue weighted by atomic mass is 19.1. The fourth-order valence-electron chi connectivity index (χ4n) is 1.91. The summed E-state index contributed by atoms with van der Waals surface area (Å²) >= 11 is 0. The van der Waals surface area contributed by atoms with Crippen molar-refractivity contribution in [3.05, 3.63) is 29.6 Å². The fourth-order valence-corrected chi connectivity index (χ4v) is 1.91. The topological polar surface area (TPSA) is 24.5 Å². The van der Waals surface area contributed by atoms with Gasteiger partial charge in [0.1, 0.15) is 18.2 Å². The third kappa shape index (κ3) is 6.03. The number of rotatable bonds is 9. The molecule has 0 fully saturated rings. The summed E-state index contributed by atoms with van der Waals surface area (Å²) in [5.74, 6) is 0.369. The largest absolute Gasteiger partial charge is 0.492 e. The zero-order valence-corrected chi connectivity index (χ0v) is 12.2. The van der Waals surface area contributed by atoms with Crippen molar-refractivity contribution in [3.63, 3.8) is 0 Å². The smallest absolute Gasteiger partial charge is 0.127 e. The van der Waals surface area contributed by atoms with Crippen LogP contribution in [0.5, 0.6) is 5.75 Å². The maximum atomic E-state index is 13.5. The molecule has 4 heteroatoms. The maximum absolute atomic E-state index is 13.5. The minimum absolute atomic E-state index is 0.242. The average molecular weight is 268 g/mol. The van der Waals surface area contributed by atoms with Crippen LogP contribution in [-0.4, -0.2) is 37.7 Å². The van der Waals surface area contributed by atoms with E-state index in [-0.39, 0.29) is 5.82 Å². The molecular formula is C15H25FN2O. The minimum Gasteiger partial charge on any atom is -0.492 e. The molecule has 0 atom stereocenters. The van der Waals surface area contributed by atoms with Crippen LogP contribution >= 0.6 is 0 Å². The predicted molar refractivity (Wildman–Crippen MR) is 77.1 cm³/mol. The van der Waals surface area contributed by atoms with Crippen molar-refractivity contribution in [1.29, 1.82) is 0 Å². The van der Waals surface area contributed by atoms with E-state index in [1.807, 2.05) is 13.0 Å². The summed E-state index contributed by atoms with van der Waals surface area (Å²) in [6, 6.07) is 4.88. The molecular weight excluding hydrogens is 243 g/mol. The van der Waals surface area contributed by atoms with E-state index in [2.05, 4.69) is 24.1 Å². The summed E-state index contributed by atoms with van der Waals surface area (Å²) < 4.78 is 19.1. The van der Waals surface area contributed by atoms with Gasteiger partial charge in [-0.15, -0.1) is 0 Å². The lowest BCUT2D eigenvalue weighted by atomic mass is 10.2. The second-order valence-electron chi connectivity index (χ2n) is 4.45. The molecule has 1 N–H and O–H groups in total. The molecule has 0 bridgehead atoms. The molecule has 0 heterocycles. The Morgan fingerprint density at radius 2 is 1.89 bits per heavy atom. The Labute approximate surface area is 115 Å². The predicted octanol–water partition coefficient (Wildman–Crippen LogP) is 2.66. The van der Waals surface area contributed by atoms with Gasteiger partial charge in [0.05, 0.1) is 0 Å². The average Bonchev–Trinajstić information content (AvgIpc) is 2.41. The molecule has 0 aliphatic heterocycles. The zero-order chi connectivity index (χ0) is 14.1. The summed E-state index contributed by atoms with van der Waals surface area (Å²) in [6.07, 6.45) is 0. The number of benzene rings is 1. The van der Waals surface area contributed by atoms with Crippen molar-refractivity contribution in [2.45, 2.75) is 27.3 Å². The van der Waals surface area contributed by atoms with Gasteiger partial charge in [-0.3, -0.25) is 0 Å². The van der Waals surface area contributed by atoms with Crippen LogP contribution in [0.2, 0.25) is 0 Å². The number of likely N-dealkylation sites (N-methyl/N-ethyl adjacent to an activating group) is 1. The number of nitrogens with zero attached hydrogens (tertiary/aromatic N) is 1. The third-order valence-electron chi connectivity index (χ3n) is 3.08. The second-order valence-corrected chi connectivity index (χ2v) is 4.45. The van der Waals surface area contributed by atoms with Crippen LogP contribution in [0.25, 0.3) is 0 Å². The third-order valence-corrected chi connectivity index (χ3v) is 3.08. The molecule has 1 aromatic rings. The Balaban J connectivity index is 2.50. The van der Waals surface area contributed by atoms with Gasteiger partial charge < -0.3 is 15.0 Å². The van der Waals surface area contributed by atoms with E-state index in [4.69, 9.17) is 4.74 Å². The lowest BCUT2D eigenvalue weighted by molar-refractivity contribution is 0.222. The first-order chi connectivity index (χ1) is 9.19. The summed E-state index contributed by atoms with van der Waals surface area (Å²) in [7, 11) is 0. The van der Waals surface area contributed by atoms with Crippen LogP contribution < -0.4 is 10.1 Å². The first-order valence-corrected chi connectivity index (χ1v) is 7.04. The SMILES string of the molecule is CCNCc1cc(F)cc(OCCN(CC)CC)c1. The number of hydrogen-bond donors (Lipinski definition) is 1. The van der Waals surface area contributed by atoms with E-state index in [0.29, 0.717) is 18.9 Å². The molecule has 0 aromatic heterocycles. The molecule has 0 unspecified atom stereocenters. The summed E-state index contributed by atoms with van der Waals surface area (Å²) in [6.45, 7) is 11.3. The number of ether oxygens (including phenoxy) is 1. The number of halogens is 1. The van der Waals surface area contributed by atoms with Gasteiger partial charge in [-0.25, -0.2) is 4.39 Å². The highest BCUT2D eigenvalue weighted by molar-refractivity contribution is 5.29. The minimum atomic E-state index is -0.242.